The minimum atomic E-state index is -0.118. The summed E-state index contributed by atoms with van der Waals surface area (Å²) in [5.41, 5.74) is 2.69. The lowest BCUT2D eigenvalue weighted by Crippen LogP contribution is -2.38. The van der Waals surface area contributed by atoms with Gasteiger partial charge < -0.3 is 10.2 Å². The van der Waals surface area contributed by atoms with E-state index in [9.17, 15) is 4.39 Å². The van der Waals surface area contributed by atoms with Crippen LogP contribution in [0.3, 0.4) is 0 Å². The molecular weight excluding hydrogens is 239 g/mol. The molecule has 0 spiro atoms. The SMILES string of the molecule is CN(C)CC(C)(C)CNC1CCc2cc(F)ccc21. The molecular formula is C16H25FN2. The number of nitrogens with one attached hydrogen (secondary N) is 1. The van der Waals surface area contributed by atoms with Crippen LogP contribution in [0.1, 0.15) is 37.4 Å². The van der Waals surface area contributed by atoms with Crippen molar-refractivity contribution in [2.75, 3.05) is 27.2 Å². The van der Waals surface area contributed by atoms with Crippen LogP contribution in [0.2, 0.25) is 0 Å². The lowest BCUT2D eigenvalue weighted by molar-refractivity contribution is 0.225. The van der Waals surface area contributed by atoms with Gasteiger partial charge in [-0.2, -0.15) is 0 Å². The summed E-state index contributed by atoms with van der Waals surface area (Å²) in [5, 5.41) is 3.65. The summed E-state index contributed by atoms with van der Waals surface area (Å²) >= 11 is 0. The molecule has 1 unspecified atom stereocenters. The second-order valence-electron chi connectivity index (χ2n) is 6.72. The minimum absolute atomic E-state index is 0.118. The van der Waals surface area contributed by atoms with E-state index in [1.165, 1.54) is 11.1 Å². The minimum Gasteiger partial charge on any atom is -0.309 e. The Kier molecular flexibility index (Phi) is 4.26. The van der Waals surface area contributed by atoms with Crippen LogP contribution in [0, 0.1) is 11.2 Å². The number of aryl methyl sites for hydroxylation is 1. The molecule has 19 heavy (non-hydrogen) atoms. The average molecular weight is 264 g/mol. The van der Waals surface area contributed by atoms with Crippen LogP contribution >= 0.6 is 0 Å². The first-order valence-corrected chi connectivity index (χ1v) is 7.04. The highest BCUT2D eigenvalue weighted by Gasteiger charge is 2.25. The Morgan fingerprint density at radius 2 is 2.11 bits per heavy atom. The molecule has 1 aliphatic rings. The summed E-state index contributed by atoms with van der Waals surface area (Å²) in [6.45, 7) is 6.59. The van der Waals surface area contributed by atoms with Crippen LogP contribution in [0.25, 0.3) is 0 Å². The van der Waals surface area contributed by atoms with Crippen molar-refractivity contribution >= 4 is 0 Å². The number of halogens is 1. The third kappa shape index (κ3) is 3.77. The van der Waals surface area contributed by atoms with Gasteiger partial charge in [-0.1, -0.05) is 19.9 Å². The van der Waals surface area contributed by atoms with Crippen molar-refractivity contribution in [3.8, 4) is 0 Å². The van der Waals surface area contributed by atoms with Crippen LogP contribution in [-0.4, -0.2) is 32.1 Å². The fourth-order valence-electron chi connectivity index (χ4n) is 3.11. The Morgan fingerprint density at radius 1 is 1.37 bits per heavy atom. The Balaban J connectivity index is 1.96. The standard InChI is InChI=1S/C16H25FN2/c1-16(2,11-19(3)4)10-18-15-8-5-12-9-13(17)6-7-14(12)15/h6-7,9,15,18H,5,8,10-11H2,1-4H3. The van der Waals surface area contributed by atoms with Gasteiger partial charge in [0.1, 0.15) is 5.82 Å². The zero-order chi connectivity index (χ0) is 14.0. The summed E-state index contributed by atoms with van der Waals surface area (Å²) in [7, 11) is 4.21. The first-order chi connectivity index (χ1) is 8.87. The van der Waals surface area contributed by atoms with E-state index in [0.717, 1.165) is 25.9 Å². The van der Waals surface area contributed by atoms with Crippen molar-refractivity contribution in [2.45, 2.75) is 32.7 Å². The van der Waals surface area contributed by atoms with Gasteiger partial charge in [0.25, 0.3) is 0 Å². The fraction of sp³-hybridized carbons (Fsp3) is 0.625. The van der Waals surface area contributed by atoms with Crippen LogP contribution in [0.15, 0.2) is 18.2 Å². The molecule has 106 valence electrons. The molecule has 3 heteroatoms. The molecule has 0 aliphatic heterocycles. The van der Waals surface area contributed by atoms with E-state index >= 15 is 0 Å². The molecule has 1 atom stereocenters. The van der Waals surface area contributed by atoms with Crippen molar-refractivity contribution < 1.29 is 4.39 Å². The predicted octanol–water partition coefficient (Wildman–Crippen LogP) is 2.99. The molecule has 0 amide bonds. The van der Waals surface area contributed by atoms with E-state index in [4.69, 9.17) is 0 Å². The molecule has 1 aliphatic carbocycles. The third-order valence-electron chi connectivity index (χ3n) is 3.75. The molecule has 0 heterocycles. The molecule has 2 nitrogen and oxygen atoms in total. The van der Waals surface area contributed by atoms with Gasteiger partial charge in [0.05, 0.1) is 0 Å². The van der Waals surface area contributed by atoms with Gasteiger partial charge in [-0.25, -0.2) is 4.39 Å². The number of nitrogens with zero attached hydrogens (tertiary/aromatic N) is 1. The molecule has 0 saturated carbocycles. The smallest absolute Gasteiger partial charge is 0.123 e. The zero-order valence-corrected chi connectivity index (χ0v) is 12.5. The number of hydrogen-bond donors (Lipinski definition) is 1. The van der Waals surface area contributed by atoms with Crippen molar-refractivity contribution in [1.82, 2.24) is 10.2 Å². The summed E-state index contributed by atoms with van der Waals surface area (Å²) in [6.07, 6.45) is 2.07. The summed E-state index contributed by atoms with van der Waals surface area (Å²) in [6, 6.07) is 5.58. The van der Waals surface area contributed by atoms with Crippen molar-refractivity contribution in [3.05, 3.63) is 35.1 Å². The van der Waals surface area contributed by atoms with Gasteiger partial charge in [-0.05, 0) is 55.6 Å². The van der Waals surface area contributed by atoms with E-state index in [1.807, 2.05) is 6.07 Å². The van der Waals surface area contributed by atoms with E-state index in [0.29, 0.717) is 6.04 Å². The van der Waals surface area contributed by atoms with Crippen LogP contribution in [-0.2, 0) is 6.42 Å². The maximum atomic E-state index is 13.2. The zero-order valence-electron chi connectivity index (χ0n) is 12.5. The molecule has 0 saturated heterocycles. The van der Waals surface area contributed by atoms with E-state index in [-0.39, 0.29) is 11.2 Å². The summed E-state index contributed by atoms with van der Waals surface area (Å²) in [5.74, 6) is -0.118. The number of hydrogen-bond acceptors (Lipinski definition) is 2. The Hall–Kier alpha value is -0.930. The van der Waals surface area contributed by atoms with Crippen LogP contribution in [0.5, 0.6) is 0 Å². The van der Waals surface area contributed by atoms with E-state index in [2.05, 4.69) is 38.2 Å². The topological polar surface area (TPSA) is 15.3 Å². The lowest BCUT2D eigenvalue weighted by Gasteiger charge is -2.30. The van der Waals surface area contributed by atoms with Gasteiger partial charge in [-0.15, -0.1) is 0 Å². The second-order valence-corrected chi connectivity index (χ2v) is 6.72. The molecule has 1 aromatic carbocycles. The van der Waals surface area contributed by atoms with Gasteiger partial charge in [0, 0.05) is 19.1 Å². The molecule has 1 aromatic rings. The first kappa shape index (κ1) is 14.5. The largest absolute Gasteiger partial charge is 0.309 e. The maximum absolute atomic E-state index is 13.2. The molecule has 0 fully saturated rings. The fourth-order valence-corrected chi connectivity index (χ4v) is 3.11. The van der Waals surface area contributed by atoms with Crippen molar-refractivity contribution in [1.29, 1.82) is 0 Å². The van der Waals surface area contributed by atoms with Crippen molar-refractivity contribution in [2.24, 2.45) is 5.41 Å². The molecule has 0 radical (unpaired) electrons. The highest BCUT2D eigenvalue weighted by atomic mass is 19.1. The van der Waals surface area contributed by atoms with Gasteiger partial charge in [-0.3, -0.25) is 0 Å². The number of rotatable bonds is 5. The molecule has 0 bridgehead atoms. The molecule has 2 rings (SSSR count). The Bertz CT molecular complexity index is 440. The normalized spacial score (nSPS) is 18.9. The number of benzene rings is 1. The van der Waals surface area contributed by atoms with Gasteiger partial charge >= 0.3 is 0 Å². The van der Waals surface area contributed by atoms with E-state index < -0.39 is 0 Å². The molecule has 0 aromatic heterocycles. The first-order valence-electron chi connectivity index (χ1n) is 7.04. The highest BCUT2D eigenvalue weighted by Crippen LogP contribution is 2.32. The summed E-state index contributed by atoms with van der Waals surface area (Å²) < 4.78 is 13.2. The van der Waals surface area contributed by atoms with E-state index in [1.54, 1.807) is 12.1 Å². The van der Waals surface area contributed by atoms with Gasteiger partial charge in [0.15, 0.2) is 0 Å². The summed E-state index contributed by atoms with van der Waals surface area (Å²) in [4.78, 5) is 2.22. The monoisotopic (exact) mass is 264 g/mol. The molecule has 1 N–H and O–H groups in total. The quantitative estimate of drug-likeness (QED) is 0.879. The predicted molar refractivity (Wildman–Crippen MR) is 77.8 cm³/mol. The van der Waals surface area contributed by atoms with Crippen LogP contribution < -0.4 is 5.32 Å². The number of fused-ring (bicyclic) bond motifs is 1. The Morgan fingerprint density at radius 3 is 2.79 bits per heavy atom. The van der Waals surface area contributed by atoms with Crippen LogP contribution in [0.4, 0.5) is 4.39 Å². The second kappa shape index (κ2) is 5.59. The maximum Gasteiger partial charge on any atom is 0.123 e. The third-order valence-corrected chi connectivity index (χ3v) is 3.75. The van der Waals surface area contributed by atoms with Gasteiger partial charge in [0.2, 0.25) is 0 Å². The average Bonchev–Trinajstić information content (AvgIpc) is 2.67. The Labute approximate surface area is 116 Å². The highest BCUT2D eigenvalue weighted by molar-refractivity contribution is 5.34. The van der Waals surface area contributed by atoms with Crippen molar-refractivity contribution in [3.63, 3.8) is 0 Å². The lowest BCUT2D eigenvalue weighted by atomic mass is 9.92.